The molecule has 0 aliphatic heterocycles. The van der Waals surface area contributed by atoms with E-state index in [1.54, 1.807) is 0 Å². The molecule has 18 heavy (non-hydrogen) atoms. The van der Waals surface area contributed by atoms with Crippen LogP contribution in [0.15, 0.2) is 24.3 Å². The predicted octanol–water partition coefficient (Wildman–Crippen LogP) is 4.15. The Morgan fingerprint density at radius 1 is 1.11 bits per heavy atom. The number of rotatable bonds is 5. The number of hydrogen-bond acceptors (Lipinski definition) is 1. The van der Waals surface area contributed by atoms with Crippen LogP contribution in [-0.2, 0) is 6.42 Å². The molecule has 2 aliphatic carbocycles. The van der Waals surface area contributed by atoms with Crippen LogP contribution in [0.3, 0.4) is 0 Å². The highest BCUT2D eigenvalue weighted by atomic mass is 127. The van der Waals surface area contributed by atoms with E-state index < -0.39 is 0 Å². The van der Waals surface area contributed by atoms with Gasteiger partial charge in [-0.15, -0.1) is 0 Å². The summed E-state index contributed by atoms with van der Waals surface area (Å²) in [5, 5.41) is 3.77. The maximum Gasteiger partial charge on any atom is 0.0130 e. The van der Waals surface area contributed by atoms with E-state index in [0.717, 1.165) is 6.04 Å². The second-order valence-corrected chi connectivity index (χ2v) is 7.41. The molecular weight excluding hydrogens is 333 g/mol. The minimum atomic E-state index is 0.551. The Morgan fingerprint density at radius 3 is 2.39 bits per heavy atom. The summed E-state index contributed by atoms with van der Waals surface area (Å²) in [5.74, 6) is 0. The predicted molar refractivity (Wildman–Crippen MR) is 84.8 cm³/mol. The molecule has 2 aliphatic rings. The first kappa shape index (κ1) is 12.9. The molecule has 0 bridgehead atoms. The van der Waals surface area contributed by atoms with Gasteiger partial charge in [0.15, 0.2) is 0 Å². The fourth-order valence-electron chi connectivity index (χ4n) is 3.22. The van der Waals surface area contributed by atoms with Crippen LogP contribution in [0.4, 0.5) is 0 Å². The zero-order valence-electron chi connectivity index (χ0n) is 10.9. The molecule has 0 spiro atoms. The number of halogens is 1. The third kappa shape index (κ3) is 3.27. The summed E-state index contributed by atoms with van der Waals surface area (Å²) in [6, 6.07) is 9.97. The Hall–Kier alpha value is -0.0900. The summed E-state index contributed by atoms with van der Waals surface area (Å²) >= 11 is 2.39. The van der Waals surface area contributed by atoms with Crippen LogP contribution >= 0.6 is 22.6 Å². The van der Waals surface area contributed by atoms with Gasteiger partial charge in [0.05, 0.1) is 0 Å². The molecule has 2 saturated carbocycles. The third-order valence-electron chi connectivity index (χ3n) is 4.50. The second-order valence-electron chi connectivity index (χ2n) is 6.17. The van der Waals surface area contributed by atoms with E-state index >= 15 is 0 Å². The van der Waals surface area contributed by atoms with Crippen molar-refractivity contribution in [1.29, 1.82) is 0 Å². The van der Waals surface area contributed by atoms with Gasteiger partial charge in [-0.1, -0.05) is 25.0 Å². The van der Waals surface area contributed by atoms with Gasteiger partial charge in [0.25, 0.3) is 0 Å². The van der Waals surface area contributed by atoms with Gasteiger partial charge in [-0.2, -0.15) is 0 Å². The van der Waals surface area contributed by atoms with Crippen LogP contribution in [0.25, 0.3) is 0 Å². The molecule has 0 atom stereocenters. The average Bonchev–Trinajstić information content (AvgIpc) is 3.10. The van der Waals surface area contributed by atoms with Crippen molar-refractivity contribution in [3.8, 4) is 0 Å². The highest BCUT2D eigenvalue weighted by molar-refractivity contribution is 14.1. The molecule has 1 aromatic carbocycles. The molecule has 1 nitrogen and oxygen atoms in total. The van der Waals surface area contributed by atoms with E-state index in [4.69, 9.17) is 0 Å². The van der Waals surface area contributed by atoms with Crippen LogP contribution in [0.1, 0.15) is 44.1 Å². The summed E-state index contributed by atoms with van der Waals surface area (Å²) in [6.07, 6.45) is 9.76. The van der Waals surface area contributed by atoms with Gasteiger partial charge in [-0.25, -0.2) is 0 Å². The minimum absolute atomic E-state index is 0.551. The fraction of sp³-hybridized carbons (Fsp3) is 0.625. The molecule has 1 aromatic rings. The van der Waals surface area contributed by atoms with Crippen LogP contribution in [0, 0.1) is 8.99 Å². The zero-order valence-corrected chi connectivity index (χ0v) is 13.1. The van der Waals surface area contributed by atoms with Gasteiger partial charge in [0.2, 0.25) is 0 Å². The molecule has 0 radical (unpaired) electrons. The molecule has 98 valence electrons. The number of hydrogen-bond donors (Lipinski definition) is 1. The topological polar surface area (TPSA) is 12.0 Å². The molecule has 0 amide bonds. The lowest BCUT2D eigenvalue weighted by atomic mass is 9.80. The van der Waals surface area contributed by atoms with E-state index in [2.05, 4.69) is 52.2 Å². The molecule has 0 unspecified atom stereocenters. The molecule has 2 heteroatoms. The molecule has 2 fully saturated rings. The third-order valence-corrected chi connectivity index (χ3v) is 5.22. The quantitative estimate of drug-likeness (QED) is 0.783. The lowest BCUT2D eigenvalue weighted by Gasteiger charge is -2.30. The maximum atomic E-state index is 3.77. The smallest absolute Gasteiger partial charge is 0.0130 e. The van der Waals surface area contributed by atoms with E-state index in [1.165, 1.54) is 60.6 Å². The first-order valence-corrected chi connectivity index (χ1v) is 8.32. The van der Waals surface area contributed by atoms with Crippen LogP contribution in [0.2, 0.25) is 0 Å². The van der Waals surface area contributed by atoms with Crippen molar-refractivity contribution in [3.63, 3.8) is 0 Å². The van der Waals surface area contributed by atoms with Gasteiger partial charge < -0.3 is 5.32 Å². The minimum Gasteiger partial charge on any atom is -0.313 e. The Labute approximate surface area is 124 Å². The Morgan fingerprint density at radius 2 is 1.78 bits per heavy atom. The van der Waals surface area contributed by atoms with Gasteiger partial charge >= 0.3 is 0 Å². The number of nitrogens with one attached hydrogen (secondary N) is 1. The molecule has 1 N–H and O–H groups in total. The fourth-order valence-corrected chi connectivity index (χ4v) is 3.58. The molecule has 0 heterocycles. The summed E-state index contributed by atoms with van der Waals surface area (Å²) in [7, 11) is 0. The lowest BCUT2D eigenvalue weighted by molar-refractivity contribution is 0.276. The van der Waals surface area contributed by atoms with Crippen LogP contribution in [-0.4, -0.2) is 12.6 Å². The summed E-state index contributed by atoms with van der Waals surface area (Å²) < 4.78 is 1.34. The lowest BCUT2D eigenvalue weighted by Crippen LogP contribution is -2.35. The molecular formula is C16H22IN. The van der Waals surface area contributed by atoms with E-state index in [0.29, 0.717) is 5.41 Å². The standard InChI is InChI=1S/C16H22IN/c17-14-5-3-13(4-6-14)11-16(9-1-2-10-16)12-18-15-7-8-15/h3-6,15,18H,1-2,7-12H2. The Bertz CT molecular complexity index is 388. The molecule has 0 aromatic heterocycles. The van der Waals surface area contributed by atoms with Crippen molar-refractivity contribution in [2.45, 2.75) is 51.0 Å². The van der Waals surface area contributed by atoms with Crippen molar-refractivity contribution in [2.24, 2.45) is 5.41 Å². The van der Waals surface area contributed by atoms with E-state index in [9.17, 15) is 0 Å². The monoisotopic (exact) mass is 355 g/mol. The van der Waals surface area contributed by atoms with Gasteiger partial charge in [0, 0.05) is 16.2 Å². The highest BCUT2D eigenvalue weighted by Crippen LogP contribution is 2.41. The molecule has 3 rings (SSSR count). The summed E-state index contributed by atoms with van der Waals surface area (Å²) in [4.78, 5) is 0. The van der Waals surface area contributed by atoms with Crippen molar-refractivity contribution >= 4 is 22.6 Å². The maximum absolute atomic E-state index is 3.77. The van der Waals surface area contributed by atoms with Crippen LogP contribution in [0.5, 0.6) is 0 Å². The van der Waals surface area contributed by atoms with Crippen molar-refractivity contribution in [1.82, 2.24) is 5.32 Å². The SMILES string of the molecule is Ic1ccc(CC2(CNC3CC3)CCCC2)cc1. The summed E-state index contributed by atoms with van der Waals surface area (Å²) in [6.45, 7) is 1.24. The Balaban J connectivity index is 1.66. The first-order chi connectivity index (χ1) is 8.76. The normalized spacial score (nSPS) is 22.3. The zero-order chi connectivity index (χ0) is 12.4. The van der Waals surface area contributed by atoms with Gasteiger partial charge in [0.1, 0.15) is 0 Å². The van der Waals surface area contributed by atoms with Crippen molar-refractivity contribution in [2.75, 3.05) is 6.54 Å². The first-order valence-electron chi connectivity index (χ1n) is 7.24. The van der Waals surface area contributed by atoms with E-state index in [-0.39, 0.29) is 0 Å². The molecule has 0 saturated heterocycles. The summed E-state index contributed by atoms with van der Waals surface area (Å²) in [5.41, 5.74) is 2.07. The Kier molecular flexibility index (Phi) is 3.94. The average molecular weight is 355 g/mol. The van der Waals surface area contributed by atoms with Crippen LogP contribution < -0.4 is 5.32 Å². The van der Waals surface area contributed by atoms with Gasteiger partial charge in [-0.05, 0) is 77.8 Å². The largest absolute Gasteiger partial charge is 0.313 e. The second kappa shape index (κ2) is 5.49. The van der Waals surface area contributed by atoms with E-state index in [1.807, 2.05) is 0 Å². The highest BCUT2D eigenvalue weighted by Gasteiger charge is 2.35. The van der Waals surface area contributed by atoms with Gasteiger partial charge in [-0.3, -0.25) is 0 Å². The number of benzene rings is 1. The van der Waals surface area contributed by atoms with Crippen molar-refractivity contribution < 1.29 is 0 Å². The van der Waals surface area contributed by atoms with Crippen molar-refractivity contribution in [3.05, 3.63) is 33.4 Å².